The topological polar surface area (TPSA) is 94.5 Å². The van der Waals surface area contributed by atoms with Crippen LogP contribution in [0.4, 0.5) is 5.13 Å². The molecule has 2 aliphatic carbocycles. The summed E-state index contributed by atoms with van der Waals surface area (Å²) in [6.45, 7) is 9.05. The second-order valence-corrected chi connectivity index (χ2v) is 11.1. The molecule has 0 bridgehead atoms. The molecule has 178 valence electrons. The van der Waals surface area contributed by atoms with Crippen molar-refractivity contribution in [1.29, 1.82) is 0 Å². The number of anilines is 1. The number of fused-ring (bicyclic) bond motifs is 2. The summed E-state index contributed by atoms with van der Waals surface area (Å²) >= 11 is 1.62. The van der Waals surface area contributed by atoms with Crippen molar-refractivity contribution in [3.05, 3.63) is 59.1 Å². The lowest BCUT2D eigenvalue weighted by Gasteiger charge is -2.58. The van der Waals surface area contributed by atoms with E-state index in [1.54, 1.807) is 17.4 Å². The molecule has 1 aromatic heterocycles. The van der Waals surface area contributed by atoms with E-state index in [0.29, 0.717) is 25.9 Å². The van der Waals surface area contributed by atoms with Gasteiger partial charge in [-0.15, -0.1) is 17.9 Å². The number of amides is 1. The number of nitrogens with zero attached hydrogens (tertiary/aromatic N) is 1. The molecule has 0 aliphatic heterocycles. The molecule has 0 spiro atoms. The molecule has 1 amide bonds. The van der Waals surface area contributed by atoms with Gasteiger partial charge in [-0.25, -0.2) is 4.98 Å². The van der Waals surface area contributed by atoms with E-state index >= 15 is 0 Å². The second-order valence-electron chi connectivity index (χ2n) is 10.00. The predicted octanol–water partition coefficient (Wildman–Crippen LogP) is 3.86. The molecule has 2 aliphatic rings. The van der Waals surface area contributed by atoms with Gasteiger partial charge in [0.25, 0.3) is 0 Å². The van der Waals surface area contributed by atoms with Crippen molar-refractivity contribution >= 4 is 22.4 Å². The van der Waals surface area contributed by atoms with E-state index < -0.39 is 11.5 Å². The van der Waals surface area contributed by atoms with Crippen LogP contribution in [0, 0.1) is 16.7 Å². The Labute approximate surface area is 200 Å². The van der Waals surface area contributed by atoms with Gasteiger partial charge in [0.2, 0.25) is 5.91 Å². The number of aliphatic hydroxyl groups is 2. The van der Waals surface area contributed by atoms with Crippen molar-refractivity contribution in [2.24, 2.45) is 16.7 Å². The molecule has 7 heteroatoms. The molecular weight excluding hydrogens is 434 g/mol. The summed E-state index contributed by atoms with van der Waals surface area (Å²) in [6, 6.07) is 9.91. The molecule has 4 N–H and O–H groups in total. The van der Waals surface area contributed by atoms with Gasteiger partial charge in [0.05, 0.1) is 18.4 Å². The molecule has 6 nitrogen and oxygen atoms in total. The SMILES string of the molecule is C=CCNc1nc2c(s1)CC1C(C)(CO)C(O)CCC1(C)C2CC(=O)NCc1ccccc1. The van der Waals surface area contributed by atoms with Gasteiger partial charge in [-0.1, -0.05) is 50.3 Å². The normalized spacial score (nSPS) is 30.7. The fourth-order valence-electron chi connectivity index (χ4n) is 5.93. The Balaban J connectivity index is 1.64. The van der Waals surface area contributed by atoms with Crippen LogP contribution in [0.5, 0.6) is 0 Å². The number of carbonyl (C=O) groups excluding carboxylic acids is 1. The first-order chi connectivity index (χ1) is 15.8. The van der Waals surface area contributed by atoms with Crippen molar-refractivity contribution in [3.63, 3.8) is 0 Å². The predicted molar refractivity (Wildman–Crippen MR) is 132 cm³/mol. The lowest BCUT2D eigenvalue weighted by molar-refractivity contribution is -0.144. The van der Waals surface area contributed by atoms with E-state index in [1.807, 2.05) is 37.3 Å². The number of aliphatic hydroxyl groups excluding tert-OH is 2. The minimum atomic E-state index is -0.609. The second kappa shape index (κ2) is 9.57. The Morgan fingerprint density at radius 3 is 2.79 bits per heavy atom. The maximum atomic E-state index is 13.1. The third-order valence-electron chi connectivity index (χ3n) is 8.01. The molecule has 1 aromatic carbocycles. The van der Waals surface area contributed by atoms with Crippen LogP contribution in [0.3, 0.4) is 0 Å². The first-order valence-corrected chi connectivity index (χ1v) is 12.6. The van der Waals surface area contributed by atoms with Gasteiger partial charge in [0.15, 0.2) is 5.13 Å². The minimum Gasteiger partial charge on any atom is -0.396 e. The Hall–Kier alpha value is -2.22. The number of benzene rings is 1. The third kappa shape index (κ3) is 4.46. The van der Waals surface area contributed by atoms with E-state index in [1.165, 1.54) is 0 Å². The first-order valence-electron chi connectivity index (χ1n) is 11.8. The number of rotatable bonds is 8. The van der Waals surface area contributed by atoms with Crippen molar-refractivity contribution in [2.75, 3.05) is 18.5 Å². The smallest absolute Gasteiger partial charge is 0.220 e. The Bertz CT molecular complexity index is 994. The lowest BCUT2D eigenvalue weighted by atomic mass is 9.47. The van der Waals surface area contributed by atoms with Gasteiger partial charge in [-0.3, -0.25) is 4.79 Å². The van der Waals surface area contributed by atoms with Crippen molar-refractivity contribution < 1.29 is 15.0 Å². The minimum absolute atomic E-state index is 0.00195. The van der Waals surface area contributed by atoms with E-state index in [2.05, 4.69) is 24.1 Å². The quantitative estimate of drug-likeness (QED) is 0.441. The zero-order chi connectivity index (χ0) is 23.6. The van der Waals surface area contributed by atoms with E-state index in [4.69, 9.17) is 4.98 Å². The van der Waals surface area contributed by atoms with Gasteiger partial charge >= 0.3 is 0 Å². The van der Waals surface area contributed by atoms with Crippen LogP contribution in [-0.4, -0.2) is 40.4 Å². The summed E-state index contributed by atoms with van der Waals surface area (Å²) in [5.41, 5.74) is 1.22. The van der Waals surface area contributed by atoms with Gasteiger partial charge in [-0.05, 0) is 36.2 Å². The summed E-state index contributed by atoms with van der Waals surface area (Å²) in [5.74, 6) is -0.0103. The lowest BCUT2D eigenvalue weighted by Crippen LogP contribution is -2.57. The molecule has 1 saturated carbocycles. The van der Waals surface area contributed by atoms with Gasteiger partial charge in [0, 0.05) is 35.7 Å². The average Bonchev–Trinajstić information content (AvgIpc) is 3.23. The van der Waals surface area contributed by atoms with Crippen molar-refractivity contribution in [3.8, 4) is 0 Å². The molecule has 0 saturated heterocycles. The van der Waals surface area contributed by atoms with Crippen LogP contribution < -0.4 is 10.6 Å². The van der Waals surface area contributed by atoms with E-state index in [0.717, 1.165) is 34.1 Å². The van der Waals surface area contributed by atoms with Crippen LogP contribution in [0.15, 0.2) is 43.0 Å². The number of thiazole rings is 1. The summed E-state index contributed by atoms with van der Waals surface area (Å²) in [4.78, 5) is 19.2. The Morgan fingerprint density at radius 1 is 1.33 bits per heavy atom. The monoisotopic (exact) mass is 469 g/mol. The zero-order valence-corrected chi connectivity index (χ0v) is 20.3. The largest absolute Gasteiger partial charge is 0.396 e. The summed E-state index contributed by atoms with van der Waals surface area (Å²) in [5, 5.41) is 28.4. The summed E-state index contributed by atoms with van der Waals surface area (Å²) in [6.07, 6.45) is 3.77. The molecule has 33 heavy (non-hydrogen) atoms. The Morgan fingerprint density at radius 2 is 2.09 bits per heavy atom. The first kappa shape index (κ1) is 23.9. The van der Waals surface area contributed by atoms with Gasteiger partial charge in [-0.2, -0.15) is 0 Å². The molecule has 5 atom stereocenters. The maximum absolute atomic E-state index is 13.1. The highest BCUT2D eigenvalue weighted by atomic mass is 32.1. The highest BCUT2D eigenvalue weighted by Gasteiger charge is 2.59. The van der Waals surface area contributed by atoms with Gasteiger partial charge < -0.3 is 20.8 Å². The van der Waals surface area contributed by atoms with E-state index in [-0.39, 0.29) is 29.8 Å². The molecule has 4 rings (SSSR count). The molecule has 1 fully saturated rings. The van der Waals surface area contributed by atoms with Gasteiger partial charge in [0.1, 0.15) is 0 Å². The molecule has 2 aromatic rings. The number of carbonyl (C=O) groups is 1. The molecule has 1 heterocycles. The average molecular weight is 470 g/mol. The highest BCUT2D eigenvalue weighted by Crippen LogP contribution is 2.62. The zero-order valence-electron chi connectivity index (χ0n) is 19.5. The van der Waals surface area contributed by atoms with Crippen molar-refractivity contribution in [2.45, 2.75) is 58.1 Å². The van der Waals surface area contributed by atoms with Crippen LogP contribution in [0.1, 0.15) is 55.2 Å². The van der Waals surface area contributed by atoms with Crippen LogP contribution in [-0.2, 0) is 17.8 Å². The van der Waals surface area contributed by atoms with Crippen LogP contribution >= 0.6 is 11.3 Å². The fourth-order valence-corrected chi connectivity index (χ4v) is 7.01. The highest BCUT2D eigenvalue weighted by molar-refractivity contribution is 7.15. The molecule has 5 unspecified atom stereocenters. The molecular formula is C26H35N3O3S. The number of nitrogens with one attached hydrogen (secondary N) is 2. The number of hydrogen-bond donors (Lipinski definition) is 4. The fraction of sp³-hybridized carbons (Fsp3) is 0.538. The third-order valence-corrected chi connectivity index (χ3v) is 9.06. The maximum Gasteiger partial charge on any atom is 0.220 e. The van der Waals surface area contributed by atoms with Crippen molar-refractivity contribution in [1.82, 2.24) is 10.3 Å². The summed E-state index contributed by atoms with van der Waals surface area (Å²) < 4.78 is 0. The standard InChI is InChI=1S/C26H35N3O3S/c1-4-12-27-24-29-23-18(13-22(32)28-15-17-8-6-5-7-9-17)25(2)11-10-21(31)26(3,16-30)20(25)14-19(23)33-24/h4-9,18,20-21,30-31H,1,10-16H2,2-3H3,(H,27,29)(H,28,32). The van der Waals surface area contributed by atoms with Crippen LogP contribution in [0.2, 0.25) is 0 Å². The molecule has 0 radical (unpaired) electrons. The summed E-state index contributed by atoms with van der Waals surface area (Å²) in [7, 11) is 0. The number of hydrogen-bond acceptors (Lipinski definition) is 6. The van der Waals surface area contributed by atoms with Crippen LogP contribution in [0.25, 0.3) is 0 Å². The van der Waals surface area contributed by atoms with E-state index in [9.17, 15) is 15.0 Å². The Kier molecular flexibility index (Phi) is 6.93. The number of aromatic nitrogens is 1.